The number of thioether (sulfide) groups is 1. The lowest BCUT2D eigenvalue weighted by molar-refractivity contribution is 0.629. The van der Waals surface area contributed by atoms with Crippen molar-refractivity contribution >= 4 is 27.7 Å². The fraction of sp³-hybridized carbons (Fsp3) is 0.333. The molecule has 0 heterocycles. The average Bonchev–Trinajstić information content (AvgIpc) is 2.26. The van der Waals surface area contributed by atoms with Crippen molar-refractivity contribution < 1.29 is 0 Å². The van der Waals surface area contributed by atoms with Gasteiger partial charge in [-0.15, -0.1) is 18.3 Å². The van der Waals surface area contributed by atoms with Crippen molar-refractivity contribution in [3.8, 4) is 0 Å². The predicted molar refractivity (Wildman–Crippen MR) is 72.5 cm³/mol. The Labute approximate surface area is 104 Å². The molecule has 0 bridgehead atoms. The molecule has 0 aliphatic rings. The van der Waals surface area contributed by atoms with Crippen LogP contribution >= 0.6 is 27.7 Å². The van der Waals surface area contributed by atoms with Gasteiger partial charge in [0.15, 0.2) is 0 Å². The molecule has 82 valence electrons. The molecule has 1 N–H and O–H groups in total. The largest absolute Gasteiger partial charge is 0.316 e. The van der Waals surface area contributed by atoms with E-state index in [-0.39, 0.29) is 0 Å². The molecule has 1 atom stereocenters. The maximum Gasteiger partial charge on any atom is 0.0311 e. The van der Waals surface area contributed by atoms with Crippen LogP contribution in [0.4, 0.5) is 0 Å². The van der Waals surface area contributed by atoms with Crippen molar-refractivity contribution in [3.05, 3.63) is 41.4 Å². The fourth-order valence-corrected chi connectivity index (χ4v) is 2.91. The number of halogens is 1. The molecule has 1 aromatic carbocycles. The Hall–Kier alpha value is -0.250. The molecular formula is C12H16BrNS. The number of rotatable bonds is 6. The molecule has 0 aliphatic heterocycles. The molecule has 0 spiro atoms. The summed E-state index contributed by atoms with van der Waals surface area (Å²) in [7, 11) is 1.99. The summed E-state index contributed by atoms with van der Waals surface area (Å²) in [5.74, 6) is 1.06. The van der Waals surface area contributed by atoms with Gasteiger partial charge in [-0.25, -0.2) is 0 Å². The Morgan fingerprint density at radius 2 is 2.27 bits per heavy atom. The molecule has 0 saturated heterocycles. The Balaban J connectivity index is 2.48. The van der Waals surface area contributed by atoms with E-state index < -0.39 is 0 Å². The van der Waals surface area contributed by atoms with E-state index in [0.29, 0.717) is 6.04 Å². The highest BCUT2D eigenvalue weighted by Crippen LogP contribution is 2.27. The topological polar surface area (TPSA) is 12.0 Å². The minimum Gasteiger partial charge on any atom is -0.316 e. The average molecular weight is 286 g/mol. The third-order valence-corrected chi connectivity index (χ3v) is 4.33. The minimum absolute atomic E-state index is 0.500. The molecule has 0 saturated carbocycles. The molecule has 15 heavy (non-hydrogen) atoms. The van der Waals surface area contributed by atoms with E-state index in [1.807, 2.05) is 31.0 Å². The van der Waals surface area contributed by atoms with Crippen molar-refractivity contribution in [3.63, 3.8) is 0 Å². The molecule has 0 aliphatic carbocycles. The van der Waals surface area contributed by atoms with Gasteiger partial charge >= 0.3 is 0 Å². The molecule has 0 fully saturated rings. The van der Waals surface area contributed by atoms with Crippen molar-refractivity contribution in [1.29, 1.82) is 0 Å². The first-order chi connectivity index (χ1) is 7.27. The molecule has 1 nitrogen and oxygen atoms in total. The van der Waals surface area contributed by atoms with Crippen LogP contribution in [0.3, 0.4) is 0 Å². The van der Waals surface area contributed by atoms with Crippen LogP contribution in [0, 0.1) is 0 Å². The second kappa shape index (κ2) is 7.09. The highest BCUT2D eigenvalue weighted by atomic mass is 79.9. The Bertz CT molecular complexity index is 314. The van der Waals surface area contributed by atoms with Gasteiger partial charge < -0.3 is 5.32 Å². The van der Waals surface area contributed by atoms with Crippen LogP contribution in [0.1, 0.15) is 6.42 Å². The smallest absolute Gasteiger partial charge is 0.0311 e. The van der Waals surface area contributed by atoms with Crippen LogP contribution in [-0.4, -0.2) is 18.8 Å². The molecule has 0 aromatic heterocycles. The zero-order valence-corrected chi connectivity index (χ0v) is 11.3. The maximum atomic E-state index is 3.76. The summed E-state index contributed by atoms with van der Waals surface area (Å²) in [6.45, 7) is 3.76. The standard InChI is InChI=1S/C12H16BrNS/c1-3-6-10(14-2)9-15-12-8-5-4-7-11(12)13/h3-5,7-8,10,14H,1,6,9H2,2H3. The van der Waals surface area contributed by atoms with E-state index in [4.69, 9.17) is 0 Å². The summed E-state index contributed by atoms with van der Waals surface area (Å²) in [5, 5.41) is 3.29. The number of hydrogen-bond acceptors (Lipinski definition) is 2. The van der Waals surface area contributed by atoms with Gasteiger partial charge in [0.05, 0.1) is 0 Å². The summed E-state index contributed by atoms with van der Waals surface area (Å²) >= 11 is 5.41. The normalized spacial score (nSPS) is 12.4. The molecule has 1 rings (SSSR count). The van der Waals surface area contributed by atoms with Gasteiger partial charge in [-0.05, 0) is 41.5 Å². The van der Waals surface area contributed by atoms with Crippen LogP contribution in [-0.2, 0) is 0 Å². The van der Waals surface area contributed by atoms with E-state index in [9.17, 15) is 0 Å². The van der Waals surface area contributed by atoms with Gasteiger partial charge in [0.1, 0.15) is 0 Å². The Kier molecular flexibility index (Phi) is 6.06. The van der Waals surface area contributed by atoms with Gasteiger partial charge in [0, 0.05) is 21.2 Å². The zero-order valence-electron chi connectivity index (χ0n) is 8.87. The lowest BCUT2D eigenvalue weighted by Gasteiger charge is -2.13. The lowest BCUT2D eigenvalue weighted by Crippen LogP contribution is -2.26. The molecular weight excluding hydrogens is 270 g/mol. The van der Waals surface area contributed by atoms with Gasteiger partial charge in [-0.3, -0.25) is 0 Å². The first kappa shape index (κ1) is 12.8. The quantitative estimate of drug-likeness (QED) is 0.632. The zero-order chi connectivity index (χ0) is 11.1. The van der Waals surface area contributed by atoms with Crippen molar-refractivity contribution in [1.82, 2.24) is 5.32 Å². The molecule has 0 radical (unpaired) electrons. The Morgan fingerprint density at radius 1 is 1.53 bits per heavy atom. The van der Waals surface area contributed by atoms with Crippen molar-refractivity contribution in [2.24, 2.45) is 0 Å². The second-order valence-electron chi connectivity index (χ2n) is 3.25. The molecule has 3 heteroatoms. The summed E-state index contributed by atoms with van der Waals surface area (Å²) in [4.78, 5) is 1.29. The third kappa shape index (κ3) is 4.41. The summed E-state index contributed by atoms with van der Waals surface area (Å²) < 4.78 is 1.17. The van der Waals surface area contributed by atoms with Crippen molar-refractivity contribution in [2.45, 2.75) is 17.4 Å². The molecule has 1 unspecified atom stereocenters. The second-order valence-corrected chi connectivity index (χ2v) is 5.17. The number of nitrogens with one attached hydrogen (secondary N) is 1. The van der Waals surface area contributed by atoms with Crippen LogP contribution in [0.2, 0.25) is 0 Å². The first-order valence-corrected chi connectivity index (χ1v) is 6.71. The number of benzene rings is 1. The first-order valence-electron chi connectivity index (χ1n) is 4.93. The van der Waals surface area contributed by atoms with E-state index >= 15 is 0 Å². The van der Waals surface area contributed by atoms with E-state index in [1.165, 1.54) is 9.37 Å². The Morgan fingerprint density at radius 3 is 2.87 bits per heavy atom. The molecule has 1 aromatic rings. The van der Waals surface area contributed by atoms with Crippen LogP contribution in [0.25, 0.3) is 0 Å². The highest BCUT2D eigenvalue weighted by Gasteiger charge is 2.05. The summed E-state index contributed by atoms with van der Waals surface area (Å²) in [5.41, 5.74) is 0. The predicted octanol–water partition coefficient (Wildman–Crippen LogP) is 3.71. The van der Waals surface area contributed by atoms with Gasteiger partial charge in [0.25, 0.3) is 0 Å². The minimum atomic E-state index is 0.500. The lowest BCUT2D eigenvalue weighted by atomic mass is 10.2. The van der Waals surface area contributed by atoms with Gasteiger partial charge in [0.2, 0.25) is 0 Å². The van der Waals surface area contributed by atoms with E-state index in [2.05, 4.69) is 46.0 Å². The number of hydrogen-bond donors (Lipinski definition) is 1. The highest BCUT2D eigenvalue weighted by molar-refractivity contribution is 9.10. The van der Waals surface area contributed by atoms with E-state index in [1.54, 1.807) is 0 Å². The van der Waals surface area contributed by atoms with Gasteiger partial charge in [-0.1, -0.05) is 18.2 Å². The van der Waals surface area contributed by atoms with Crippen LogP contribution < -0.4 is 5.32 Å². The van der Waals surface area contributed by atoms with Gasteiger partial charge in [-0.2, -0.15) is 0 Å². The third-order valence-electron chi connectivity index (χ3n) is 2.14. The summed E-state index contributed by atoms with van der Waals surface area (Å²) in [6.07, 6.45) is 2.97. The SMILES string of the molecule is C=CCC(CSc1ccccc1Br)NC. The monoisotopic (exact) mass is 285 g/mol. The van der Waals surface area contributed by atoms with E-state index in [0.717, 1.165) is 12.2 Å². The molecule has 0 amide bonds. The maximum absolute atomic E-state index is 3.76. The van der Waals surface area contributed by atoms with Crippen LogP contribution in [0.15, 0.2) is 46.3 Å². The summed E-state index contributed by atoms with van der Waals surface area (Å²) in [6, 6.07) is 8.81. The van der Waals surface area contributed by atoms with Crippen molar-refractivity contribution in [2.75, 3.05) is 12.8 Å². The van der Waals surface area contributed by atoms with Crippen LogP contribution in [0.5, 0.6) is 0 Å². The fourth-order valence-electron chi connectivity index (χ4n) is 1.22.